The summed E-state index contributed by atoms with van der Waals surface area (Å²) in [5.41, 5.74) is 1.75. The van der Waals surface area contributed by atoms with Crippen LogP contribution in [-0.2, 0) is 4.79 Å². The van der Waals surface area contributed by atoms with Gasteiger partial charge in [-0.25, -0.2) is 5.84 Å². The molecule has 4 nitrogen and oxygen atoms in total. The second kappa shape index (κ2) is 6.05. The van der Waals surface area contributed by atoms with Gasteiger partial charge in [0.15, 0.2) is 0 Å². The Kier molecular flexibility index (Phi) is 5.39. The molecule has 0 aromatic heterocycles. The average molecular weight is 141 g/mol. The number of hydrazine groups is 1. The Labute approximate surface area is 60.0 Å². The van der Waals surface area contributed by atoms with Crippen LogP contribution in [0.25, 0.3) is 0 Å². The van der Waals surface area contributed by atoms with Crippen LogP contribution < -0.4 is 11.3 Å². The van der Waals surface area contributed by atoms with E-state index in [4.69, 9.17) is 10.1 Å². The zero-order chi connectivity index (χ0) is 7.82. The van der Waals surface area contributed by atoms with Crippen LogP contribution in [0.1, 0.15) is 19.3 Å². The Morgan fingerprint density at radius 3 is 2.20 bits per heavy atom. The lowest BCUT2D eigenvalue weighted by molar-refractivity contribution is -0.109. The summed E-state index contributed by atoms with van der Waals surface area (Å²) in [6.45, 7) is 0. The standard InChI is InChI=1S/C5H7N.CH4N2O/c6-4-5-2-1-3-5;2-3-1-4/h5H,1-3H2;1H,2H2,(H,3,4). The van der Waals surface area contributed by atoms with Gasteiger partial charge in [0.25, 0.3) is 0 Å². The zero-order valence-corrected chi connectivity index (χ0v) is 5.71. The number of carbonyl (C=O) groups is 1. The molecule has 1 rings (SSSR count). The highest BCUT2D eigenvalue weighted by molar-refractivity contribution is 5.44. The molecule has 1 aliphatic carbocycles. The Balaban J connectivity index is 0.000000180. The molecule has 0 atom stereocenters. The highest BCUT2D eigenvalue weighted by atomic mass is 16.1. The van der Waals surface area contributed by atoms with Crippen LogP contribution in [0.2, 0.25) is 0 Å². The van der Waals surface area contributed by atoms with Crippen LogP contribution in [0.15, 0.2) is 0 Å². The molecule has 4 heteroatoms. The third-order valence-electron chi connectivity index (χ3n) is 1.36. The first-order chi connectivity index (χ1) is 4.85. The van der Waals surface area contributed by atoms with E-state index in [1.165, 1.54) is 6.42 Å². The first-order valence-electron chi connectivity index (χ1n) is 3.14. The lowest BCUT2D eigenvalue weighted by Gasteiger charge is -2.15. The van der Waals surface area contributed by atoms with Gasteiger partial charge in [-0.3, -0.25) is 10.2 Å². The van der Waals surface area contributed by atoms with Crippen molar-refractivity contribution in [2.45, 2.75) is 19.3 Å². The lowest BCUT2D eigenvalue weighted by Crippen LogP contribution is -2.18. The lowest BCUT2D eigenvalue weighted by atomic mass is 9.87. The van der Waals surface area contributed by atoms with E-state index in [9.17, 15) is 0 Å². The van der Waals surface area contributed by atoms with E-state index in [0.717, 1.165) is 12.8 Å². The van der Waals surface area contributed by atoms with Crippen molar-refractivity contribution in [1.29, 1.82) is 5.26 Å². The van der Waals surface area contributed by atoms with Gasteiger partial charge in [-0.2, -0.15) is 5.26 Å². The van der Waals surface area contributed by atoms with Crippen molar-refractivity contribution in [3.05, 3.63) is 0 Å². The van der Waals surface area contributed by atoms with E-state index in [0.29, 0.717) is 12.3 Å². The van der Waals surface area contributed by atoms with Gasteiger partial charge in [0.1, 0.15) is 0 Å². The van der Waals surface area contributed by atoms with Gasteiger partial charge in [0.2, 0.25) is 6.41 Å². The first kappa shape index (κ1) is 8.92. The van der Waals surface area contributed by atoms with E-state index in [1.54, 1.807) is 5.43 Å². The third-order valence-corrected chi connectivity index (χ3v) is 1.36. The van der Waals surface area contributed by atoms with Gasteiger partial charge in [-0.15, -0.1) is 0 Å². The molecule has 1 aliphatic rings. The van der Waals surface area contributed by atoms with Crippen molar-refractivity contribution >= 4 is 6.41 Å². The maximum Gasteiger partial charge on any atom is 0.221 e. The Morgan fingerprint density at radius 2 is 2.20 bits per heavy atom. The Bertz CT molecular complexity index is 125. The molecule has 0 aliphatic heterocycles. The fraction of sp³-hybridized carbons (Fsp3) is 0.667. The summed E-state index contributed by atoms with van der Waals surface area (Å²) in [6.07, 6.45) is 3.98. The minimum Gasteiger partial charge on any atom is -0.297 e. The second-order valence-electron chi connectivity index (χ2n) is 2.04. The van der Waals surface area contributed by atoms with Gasteiger partial charge < -0.3 is 0 Å². The largest absolute Gasteiger partial charge is 0.297 e. The van der Waals surface area contributed by atoms with E-state index in [1.807, 2.05) is 0 Å². The molecular formula is C6H11N3O. The summed E-state index contributed by atoms with van der Waals surface area (Å²) in [4.78, 5) is 8.94. The van der Waals surface area contributed by atoms with Crippen LogP contribution in [0.4, 0.5) is 0 Å². The maximum atomic E-state index is 8.94. The van der Waals surface area contributed by atoms with Crippen LogP contribution in [0.5, 0.6) is 0 Å². The molecule has 0 spiro atoms. The van der Waals surface area contributed by atoms with Crippen molar-refractivity contribution in [2.24, 2.45) is 11.8 Å². The summed E-state index contributed by atoms with van der Waals surface area (Å²) in [6, 6.07) is 2.20. The minimum absolute atomic E-state index is 0.403. The maximum absolute atomic E-state index is 8.94. The topological polar surface area (TPSA) is 78.9 Å². The van der Waals surface area contributed by atoms with Gasteiger partial charge in [0.05, 0.1) is 6.07 Å². The first-order valence-corrected chi connectivity index (χ1v) is 3.14. The third kappa shape index (κ3) is 3.87. The van der Waals surface area contributed by atoms with Crippen molar-refractivity contribution in [3.8, 4) is 6.07 Å². The van der Waals surface area contributed by atoms with Gasteiger partial charge in [-0.1, -0.05) is 6.42 Å². The quantitative estimate of drug-likeness (QED) is 0.232. The monoisotopic (exact) mass is 141 g/mol. The molecule has 1 fully saturated rings. The number of hydrogen-bond acceptors (Lipinski definition) is 3. The molecule has 1 saturated carbocycles. The van der Waals surface area contributed by atoms with Crippen LogP contribution in [0, 0.1) is 17.2 Å². The molecule has 0 saturated heterocycles. The van der Waals surface area contributed by atoms with E-state index in [-0.39, 0.29) is 0 Å². The molecule has 0 heterocycles. The molecule has 0 bridgehead atoms. The molecule has 0 aromatic carbocycles. The van der Waals surface area contributed by atoms with Gasteiger partial charge in [0, 0.05) is 5.92 Å². The molecule has 0 aromatic rings. The van der Waals surface area contributed by atoms with Crippen LogP contribution >= 0.6 is 0 Å². The number of carbonyl (C=O) groups excluding carboxylic acids is 1. The summed E-state index contributed by atoms with van der Waals surface area (Å²) < 4.78 is 0. The zero-order valence-electron chi connectivity index (χ0n) is 5.71. The smallest absolute Gasteiger partial charge is 0.221 e. The van der Waals surface area contributed by atoms with Crippen molar-refractivity contribution in [3.63, 3.8) is 0 Å². The minimum atomic E-state index is 0.403. The number of amides is 1. The molecule has 0 unspecified atom stereocenters. The highest BCUT2D eigenvalue weighted by Gasteiger charge is 2.14. The fourth-order valence-corrected chi connectivity index (χ4v) is 0.537. The van der Waals surface area contributed by atoms with Crippen molar-refractivity contribution < 1.29 is 4.79 Å². The summed E-state index contributed by atoms with van der Waals surface area (Å²) in [5.74, 6) is 4.83. The van der Waals surface area contributed by atoms with Crippen molar-refractivity contribution in [1.82, 2.24) is 5.43 Å². The van der Waals surface area contributed by atoms with Crippen LogP contribution in [0.3, 0.4) is 0 Å². The Hall–Kier alpha value is -1.08. The SMILES string of the molecule is N#CC1CCC1.NNC=O. The summed E-state index contributed by atoms with van der Waals surface area (Å²) in [5, 5.41) is 8.14. The molecule has 1 amide bonds. The average Bonchev–Trinajstić information content (AvgIpc) is 1.87. The van der Waals surface area contributed by atoms with E-state index >= 15 is 0 Å². The van der Waals surface area contributed by atoms with E-state index in [2.05, 4.69) is 11.9 Å². The predicted octanol–water partition coefficient (Wildman–Crippen LogP) is -0.0838. The summed E-state index contributed by atoms with van der Waals surface area (Å²) >= 11 is 0. The number of nitriles is 1. The molecule has 10 heavy (non-hydrogen) atoms. The van der Waals surface area contributed by atoms with Crippen LogP contribution in [-0.4, -0.2) is 6.41 Å². The number of rotatable bonds is 1. The molecule has 56 valence electrons. The Morgan fingerprint density at radius 1 is 1.70 bits per heavy atom. The molecule has 0 radical (unpaired) electrons. The number of hydrogen-bond donors (Lipinski definition) is 2. The van der Waals surface area contributed by atoms with E-state index < -0.39 is 0 Å². The summed E-state index contributed by atoms with van der Waals surface area (Å²) in [7, 11) is 0. The molecular weight excluding hydrogens is 130 g/mol. The fourth-order valence-electron chi connectivity index (χ4n) is 0.537. The molecule has 3 N–H and O–H groups in total. The number of nitrogens with zero attached hydrogens (tertiary/aromatic N) is 1. The van der Waals surface area contributed by atoms with Gasteiger partial charge >= 0.3 is 0 Å². The normalized spacial score (nSPS) is 15.2. The second-order valence-corrected chi connectivity index (χ2v) is 2.04. The van der Waals surface area contributed by atoms with Gasteiger partial charge in [-0.05, 0) is 12.8 Å². The highest BCUT2D eigenvalue weighted by Crippen LogP contribution is 2.24. The number of nitrogens with two attached hydrogens (primary N) is 1. The number of nitrogens with one attached hydrogen (secondary N) is 1. The van der Waals surface area contributed by atoms with Crippen molar-refractivity contribution in [2.75, 3.05) is 0 Å². The predicted molar refractivity (Wildman–Crippen MR) is 36.3 cm³/mol.